The molecule has 0 bridgehead atoms. The molecule has 1 amide bonds. The first-order valence-electron chi connectivity index (χ1n) is 10.5. The third-order valence-corrected chi connectivity index (χ3v) is 7.41. The summed E-state index contributed by atoms with van der Waals surface area (Å²) < 4.78 is 26.9. The maximum absolute atomic E-state index is 12.7. The molecular weight excluding hydrogens is 384 g/mol. The fourth-order valence-electron chi connectivity index (χ4n) is 3.68. The SMILES string of the molecule is CCCCCc1ccc(NC(=O)C2CCN(S(=O)(=O)c3ccccc3)CC2)cc1. The molecule has 0 spiro atoms. The number of carbonyl (C=O) groups is 1. The van der Waals surface area contributed by atoms with Crippen molar-refractivity contribution in [3.8, 4) is 0 Å². The van der Waals surface area contributed by atoms with Gasteiger partial charge in [0.2, 0.25) is 15.9 Å². The van der Waals surface area contributed by atoms with E-state index in [1.807, 2.05) is 12.1 Å². The second kappa shape index (κ2) is 10.0. The van der Waals surface area contributed by atoms with Gasteiger partial charge in [-0.2, -0.15) is 4.31 Å². The minimum atomic E-state index is -3.48. The average molecular weight is 415 g/mol. The Hall–Kier alpha value is -2.18. The highest BCUT2D eigenvalue weighted by atomic mass is 32.2. The molecule has 1 aliphatic heterocycles. The number of amides is 1. The van der Waals surface area contributed by atoms with E-state index in [0.717, 1.165) is 12.1 Å². The zero-order valence-corrected chi connectivity index (χ0v) is 17.8. The Morgan fingerprint density at radius 2 is 1.66 bits per heavy atom. The quantitative estimate of drug-likeness (QED) is 0.649. The van der Waals surface area contributed by atoms with Gasteiger partial charge in [0.05, 0.1) is 4.90 Å². The topological polar surface area (TPSA) is 66.5 Å². The minimum Gasteiger partial charge on any atom is -0.326 e. The van der Waals surface area contributed by atoms with Gasteiger partial charge in [0.15, 0.2) is 0 Å². The van der Waals surface area contributed by atoms with Crippen LogP contribution in [0.25, 0.3) is 0 Å². The summed E-state index contributed by atoms with van der Waals surface area (Å²) in [4.78, 5) is 12.9. The molecule has 1 aliphatic rings. The first-order chi connectivity index (χ1) is 14.0. The van der Waals surface area contributed by atoms with Crippen molar-refractivity contribution in [2.24, 2.45) is 5.92 Å². The molecule has 1 saturated heterocycles. The number of carbonyl (C=O) groups excluding carboxylic acids is 1. The number of unbranched alkanes of at least 4 members (excludes halogenated alkanes) is 2. The van der Waals surface area contributed by atoms with Crippen molar-refractivity contribution in [2.45, 2.75) is 50.3 Å². The maximum Gasteiger partial charge on any atom is 0.243 e. The molecule has 1 N–H and O–H groups in total. The predicted molar refractivity (Wildman–Crippen MR) is 116 cm³/mol. The van der Waals surface area contributed by atoms with Crippen molar-refractivity contribution in [1.29, 1.82) is 0 Å². The summed E-state index contributed by atoms with van der Waals surface area (Å²) in [7, 11) is -3.48. The van der Waals surface area contributed by atoms with Crippen molar-refractivity contribution >= 4 is 21.6 Å². The fraction of sp³-hybridized carbons (Fsp3) is 0.435. The van der Waals surface area contributed by atoms with Crippen LogP contribution in [0, 0.1) is 5.92 Å². The Balaban J connectivity index is 1.51. The number of benzene rings is 2. The van der Waals surface area contributed by atoms with Gasteiger partial charge in [0.1, 0.15) is 0 Å². The lowest BCUT2D eigenvalue weighted by Gasteiger charge is -2.30. The van der Waals surface area contributed by atoms with Crippen molar-refractivity contribution in [1.82, 2.24) is 4.31 Å². The summed E-state index contributed by atoms with van der Waals surface area (Å²) >= 11 is 0. The van der Waals surface area contributed by atoms with Gasteiger partial charge < -0.3 is 5.32 Å². The maximum atomic E-state index is 12.7. The number of hydrogen-bond acceptors (Lipinski definition) is 3. The Kier molecular flexibility index (Phi) is 7.45. The van der Waals surface area contributed by atoms with Gasteiger partial charge in [-0.05, 0) is 55.5 Å². The number of anilines is 1. The number of nitrogens with zero attached hydrogens (tertiary/aromatic N) is 1. The van der Waals surface area contributed by atoms with Gasteiger partial charge in [-0.1, -0.05) is 50.1 Å². The predicted octanol–water partition coefficient (Wildman–Crippen LogP) is 4.46. The molecule has 0 aromatic heterocycles. The van der Waals surface area contributed by atoms with Crippen LogP contribution in [0.4, 0.5) is 5.69 Å². The molecule has 156 valence electrons. The van der Waals surface area contributed by atoms with Crippen molar-refractivity contribution in [3.63, 3.8) is 0 Å². The third kappa shape index (κ3) is 5.67. The zero-order chi connectivity index (χ0) is 20.7. The van der Waals surface area contributed by atoms with E-state index >= 15 is 0 Å². The highest BCUT2D eigenvalue weighted by Gasteiger charge is 2.32. The molecule has 29 heavy (non-hydrogen) atoms. The van der Waals surface area contributed by atoms with Crippen LogP contribution < -0.4 is 5.32 Å². The molecule has 1 fully saturated rings. The van der Waals surface area contributed by atoms with E-state index in [-0.39, 0.29) is 11.8 Å². The largest absolute Gasteiger partial charge is 0.326 e. The van der Waals surface area contributed by atoms with E-state index in [1.54, 1.807) is 30.3 Å². The Bertz CT molecular complexity index is 887. The standard InChI is InChI=1S/C23H30N2O3S/c1-2-3-5-8-19-11-13-21(14-12-19)24-23(26)20-15-17-25(18-16-20)29(27,28)22-9-6-4-7-10-22/h4,6-7,9-14,20H,2-3,5,8,15-18H2,1H3,(H,24,26). The third-order valence-electron chi connectivity index (χ3n) is 5.50. The van der Waals surface area contributed by atoms with Crippen molar-refractivity contribution < 1.29 is 13.2 Å². The van der Waals surface area contributed by atoms with Gasteiger partial charge in [0.25, 0.3) is 0 Å². The van der Waals surface area contributed by atoms with Crippen LogP contribution in [0.2, 0.25) is 0 Å². The normalized spacial score (nSPS) is 15.9. The van der Waals surface area contributed by atoms with E-state index in [9.17, 15) is 13.2 Å². The number of rotatable bonds is 8. The smallest absolute Gasteiger partial charge is 0.243 e. The summed E-state index contributed by atoms with van der Waals surface area (Å²) in [6, 6.07) is 16.5. The van der Waals surface area contributed by atoms with Crippen LogP contribution in [0.3, 0.4) is 0 Å². The Labute approximate surface area is 174 Å². The molecule has 3 rings (SSSR count). The van der Waals surface area contributed by atoms with Gasteiger partial charge >= 0.3 is 0 Å². The van der Waals surface area contributed by atoms with E-state index in [1.165, 1.54) is 29.1 Å². The lowest BCUT2D eigenvalue weighted by Crippen LogP contribution is -2.41. The van der Waals surface area contributed by atoms with E-state index in [4.69, 9.17) is 0 Å². The van der Waals surface area contributed by atoms with Crippen LogP contribution in [0.15, 0.2) is 59.5 Å². The molecule has 6 heteroatoms. The van der Waals surface area contributed by atoms with Crippen molar-refractivity contribution in [3.05, 3.63) is 60.2 Å². The molecular formula is C23H30N2O3S. The van der Waals surface area contributed by atoms with Crippen LogP contribution in [0.5, 0.6) is 0 Å². The highest BCUT2D eigenvalue weighted by Crippen LogP contribution is 2.25. The van der Waals surface area contributed by atoms with E-state index in [2.05, 4.69) is 24.4 Å². The number of sulfonamides is 1. The fourth-order valence-corrected chi connectivity index (χ4v) is 5.17. The van der Waals surface area contributed by atoms with Crippen molar-refractivity contribution in [2.75, 3.05) is 18.4 Å². The molecule has 0 radical (unpaired) electrons. The molecule has 0 aliphatic carbocycles. The van der Waals surface area contributed by atoms with E-state index < -0.39 is 10.0 Å². The number of nitrogens with one attached hydrogen (secondary N) is 1. The summed E-state index contributed by atoms with van der Waals surface area (Å²) in [6.07, 6.45) is 5.76. The second-order valence-corrected chi connectivity index (χ2v) is 9.57. The lowest BCUT2D eigenvalue weighted by molar-refractivity contribution is -0.120. The lowest BCUT2D eigenvalue weighted by atomic mass is 9.97. The number of hydrogen-bond donors (Lipinski definition) is 1. The average Bonchev–Trinajstić information content (AvgIpc) is 2.76. The van der Waals surface area contributed by atoms with Crippen LogP contribution in [-0.2, 0) is 21.2 Å². The molecule has 5 nitrogen and oxygen atoms in total. The van der Waals surface area contributed by atoms with Gasteiger partial charge in [-0.15, -0.1) is 0 Å². The summed E-state index contributed by atoms with van der Waals surface area (Å²) in [5.41, 5.74) is 2.09. The summed E-state index contributed by atoms with van der Waals surface area (Å²) in [6.45, 7) is 2.93. The van der Waals surface area contributed by atoms with Crippen LogP contribution in [0.1, 0.15) is 44.6 Å². The van der Waals surface area contributed by atoms with E-state index in [0.29, 0.717) is 30.8 Å². The van der Waals surface area contributed by atoms with Crippen LogP contribution in [-0.4, -0.2) is 31.7 Å². The molecule has 0 atom stereocenters. The first-order valence-corrected chi connectivity index (χ1v) is 11.9. The Morgan fingerprint density at radius 1 is 1.00 bits per heavy atom. The minimum absolute atomic E-state index is 0.0273. The second-order valence-electron chi connectivity index (χ2n) is 7.63. The number of piperidine rings is 1. The summed E-state index contributed by atoms with van der Waals surface area (Å²) in [5.74, 6) is -0.193. The summed E-state index contributed by atoms with van der Waals surface area (Å²) in [5, 5.41) is 2.98. The molecule has 0 saturated carbocycles. The van der Waals surface area contributed by atoms with Gasteiger partial charge in [-0.3, -0.25) is 4.79 Å². The molecule has 2 aromatic carbocycles. The Morgan fingerprint density at radius 3 is 2.28 bits per heavy atom. The molecule has 0 unspecified atom stereocenters. The zero-order valence-electron chi connectivity index (χ0n) is 17.0. The van der Waals surface area contributed by atoms with Crippen LogP contribution >= 0.6 is 0 Å². The molecule has 1 heterocycles. The number of aryl methyl sites for hydroxylation is 1. The van der Waals surface area contributed by atoms with Gasteiger partial charge in [-0.25, -0.2) is 8.42 Å². The first kappa shape index (κ1) is 21.5. The van der Waals surface area contributed by atoms with Gasteiger partial charge in [0, 0.05) is 24.7 Å². The molecule has 2 aromatic rings. The highest BCUT2D eigenvalue weighted by molar-refractivity contribution is 7.89. The monoisotopic (exact) mass is 414 g/mol.